The van der Waals surface area contributed by atoms with Gasteiger partial charge in [-0.15, -0.1) is 0 Å². The average molecular weight is 1260 g/mol. The molecular weight excluding hydrogens is 1120 g/mol. The Hall–Kier alpha value is -3.85. The number of nitrogens with two attached hydrogens (primary N) is 1. The van der Waals surface area contributed by atoms with Crippen molar-refractivity contribution >= 4 is 19.8 Å². The second kappa shape index (κ2) is 73.2. The number of hydrogen-bond donors (Lipinski definition) is 2. The van der Waals surface area contributed by atoms with Crippen LogP contribution in [0.25, 0.3) is 0 Å². The van der Waals surface area contributed by atoms with E-state index in [-0.39, 0.29) is 38.6 Å². The fourth-order valence-electron chi connectivity index (χ4n) is 10.2. The fraction of sp³-hybridized carbons (Fsp3) is 0.696. The van der Waals surface area contributed by atoms with Crippen LogP contribution in [0.15, 0.2) is 134 Å². The van der Waals surface area contributed by atoms with E-state index >= 15 is 0 Å². The molecule has 0 heterocycles. The van der Waals surface area contributed by atoms with E-state index in [0.29, 0.717) is 6.42 Å². The SMILES string of the molecule is CC/C=C\C/C=C\C/C=C\C/C=C\C/C=C\C/C=C\CCCCCCCCCCCCCCCCCCCCC(=O)OC(COC(=O)CCCCCCCCCCCCCCCCC/C=C\C/C=C\C/C=C\C/C=C\C/C=C\CC)COP(=O)(O)OCCN. The molecule has 0 aliphatic rings. The van der Waals surface area contributed by atoms with Gasteiger partial charge in [0.2, 0.25) is 0 Å². The topological polar surface area (TPSA) is 134 Å². The summed E-state index contributed by atoms with van der Waals surface area (Å²) < 4.78 is 33.2. The molecule has 0 saturated heterocycles. The quantitative estimate of drug-likeness (QED) is 0.0264. The van der Waals surface area contributed by atoms with Crippen molar-refractivity contribution < 1.29 is 37.6 Å². The zero-order valence-corrected chi connectivity index (χ0v) is 58.3. The summed E-state index contributed by atoms with van der Waals surface area (Å²) in [6.07, 6.45) is 104. The highest BCUT2D eigenvalue weighted by Gasteiger charge is 2.26. The standard InChI is InChI=1S/C79H136NO8P/c1-3-5-7-9-11-13-15-17-19-21-23-25-27-29-31-33-35-36-37-38-39-40-42-44-46-48-50-52-54-56-58-60-62-64-66-68-70-72-79(82)88-77(76-87-89(83,84)86-74-73-80)75-85-78(81)71-69-67-65-63-61-59-57-55-53-51-49-47-45-43-41-34-32-30-28-26-24-22-20-18-16-14-12-10-8-6-4-2/h5-8,11-14,17-20,23-26,29-32,35-36,77H,3-4,9-10,15-16,21-22,27-28,33-34,37-76,80H2,1-2H3,(H,83,84)/b7-5-,8-6-,13-11-,14-12-,19-17-,20-18-,25-23-,26-24-,31-29-,32-30-,36-35-. The van der Waals surface area contributed by atoms with Crippen LogP contribution < -0.4 is 5.73 Å². The number of hydrogen-bond acceptors (Lipinski definition) is 8. The van der Waals surface area contributed by atoms with Gasteiger partial charge in [0, 0.05) is 19.4 Å². The summed E-state index contributed by atoms with van der Waals surface area (Å²) in [5, 5.41) is 0. The van der Waals surface area contributed by atoms with Crippen molar-refractivity contribution in [3.63, 3.8) is 0 Å². The molecule has 0 radical (unpaired) electrons. The Morgan fingerprint density at radius 2 is 0.584 bits per heavy atom. The predicted molar refractivity (Wildman–Crippen MR) is 385 cm³/mol. The minimum Gasteiger partial charge on any atom is -0.462 e. The Bertz CT molecular complexity index is 1920. The van der Waals surface area contributed by atoms with Crippen LogP contribution in [0.2, 0.25) is 0 Å². The number of rotatable bonds is 68. The molecule has 3 N–H and O–H groups in total. The lowest BCUT2D eigenvalue weighted by atomic mass is 10.0. The van der Waals surface area contributed by atoms with E-state index in [1.807, 2.05) is 0 Å². The first-order chi connectivity index (χ1) is 43.8. The van der Waals surface area contributed by atoms with Gasteiger partial charge in [0.25, 0.3) is 0 Å². The van der Waals surface area contributed by atoms with Gasteiger partial charge in [-0.25, -0.2) is 4.57 Å². The van der Waals surface area contributed by atoms with Gasteiger partial charge in [0.05, 0.1) is 13.2 Å². The maximum atomic E-state index is 12.8. The van der Waals surface area contributed by atoms with Crippen molar-refractivity contribution in [2.24, 2.45) is 5.73 Å². The van der Waals surface area contributed by atoms with Crippen LogP contribution in [0, 0.1) is 0 Å². The van der Waals surface area contributed by atoms with E-state index < -0.39 is 26.5 Å². The van der Waals surface area contributed by atoms with Crippen LogP contribution in [0.5, 0.6) is 0 Å². The molecule has 0 aromatic heterocycles. The normalized spacial score (nSPS) is 13.7. The maximum absolute atomic E-state index is 12.8. The first-order valence-corrected chi connectivity index (χ1v) is 38.2. The molecule has 0 aliphatic heterocycles. The Morgan fingerprint density at radius 3 is 0.865 bits per heavy atom. The van der Waals surface area contributed by atoms with Gasteiger partial charge in [-0.3, -0.25) is 18.6 Å². The number of phosphoric acid groups is 1. The lowest BCUT2D eigenvalue weighted by Gasteiger charge is -2.19. The number of phosphoric ester groups is 1. The number of unbranched alkanes of at least 4 members (excludes halogenated alkanes) is 33. The molecule has 2 unspecified atom stereocenters. The van der Waals surface area contributed by atoms with Gasteiger partial charge in [-0.2, -0.15) is 0 Å². The smallest absolute Gasteiger partial charge is 0.462 e. The molecule has 0 bridgehead atoms. The minimum absolute atomic E-state index is 0.0502. The van der Waals surface area contributed by atoms with Crippen LogP contribution >= 0.6 is 7.82 Å². The Kier molecular flexibility index (Phi) is 70.0. The van der Waals surface area contributed by atoms with Gasteiger partial charge in [-0.05, 0) is 109 Å². The first-order valence-electron chi connectivity index (χ1n) is 36.7. The number of esters is 2. The van der Waals surface area contributed by atoms with E-state index in [1.54, 1.807) is 0 Å². The lowest BCUT2D eigenvalue weighted by molar-refractivity contribution is -0.161. The first kappa shape index (κ1) is 85.2. The third-order valence-electron chi connectivity index (χ3n) is 15.5. The van der Waals surface area contributed by atoms with Crippen LogP contribution in [0.1, 0.15) is 322 Å². The summed E-state index contributed by atoms with van der Waals surface area (Å²) in [5.41, 5.74) is 5.41. The molecule has 2 atom stereocenters. The molecule has 510 valence electrons. The fourth-order valence-corrected chi connectivity index (χ4v) is 11.0. The largest absolute Gasteiger partial charge is 0.472 e. The summed E-state index contributed by atoms with van der Waals surface area (Å²) >= 11 is 0. The highest BCUT2D eigenvalue weighted by molar-refractivity contribution is 7.47. The van der Waals surface area contributed by atoms with Crippen molar-refractivity contribution in [1.29, 1.82) is 0 Å². The van der Waals surface area contributed by atoms with E-state index in [4.69, 9.17) is 24.3 Å². The second-order valence-corrected chi connectivity index (χ2v) is 25.5. The highest BCUT2D eigenvalue weighted by Crippen LogP contribution is 2.43. The molecule has 9 nitrogen and oxygen atoms in total. The molecule has 89 heavy (non-hydrogen) atoms. The zero-order chi connectivity index (χ0) is 64.4. The molecule has 0 amide bonds. The summed E-state index contributed by atoms with van der Waals surface area (Å²) in [4.78, 5) is 35.4. The number of carbonyl (C=O) groups is 2. The minimum atomic E-state index is -4.40. The van der Waals surface area contributed by atoms with Crippen LogP contribution in [0.3, 0.4) is 0 Å². The number of carbonyl (C=O) groups excluding carboxylic acids is 2. The van der Waals surface area contributed by atoms with Gasteiger partial charge < -0.3 is 20.1 Å². The Morgan fingerprint density at radius 1 is 0.337 bits per heavy atom. The van der Waals surface area contributed by atoms with Gasteiger partial charge in [-0.1, -0.05) is 334 Å². The molecule has 0 fully saturated rings. The van der Waals surface area contributed by atoms with Gasteiger partial charge >= 0.3 is 19.8 Å². The van der Waals surface area contributed by atoms with Crippen molar-refractivity contribution in [3.05, 3.63) is 134 Å². The Balaban J connectivity index is 3.85. The maximum Gasteiger partial charge on any atom is 0.472 e. The lowest BCUT2D eigenvalue weighted by Crippen LogP contribution is -2.29. The summed E-state index contributed by atoms with van der Waals surface area (Å²) in [6, 6.07) is 0. The summed E-state index contributed by atoms with van der Waals surface area (Å²) in [7, 11) is -4.40. The molecule has 0 aromatic rings. The molecule has 0 aromatic carbocycles. The van der Waals surface area contributed by atoms with E-state index in [9.17, 15) is 19.0 Å². The molecule has 10 heteroatoms. The summed E-state index contributed by atoms with van der Waals surface area (Å²) in [6.45, 7) is 3.55. The second-order valence-electron chi connectivity index (χ2n) is 24.0. The molecule has 0 spiro atoms. The van der Waals surface area contributed by atoms with Gasteiger partial charge in [0.15, 0.2) is 6.10 Å². The molecule has 0 saturated carbocycles. The third-order valence-corrected chi connectivity index (χ3v) is 16.5. The van der Waals surface area contributed by atoms with Crippen molar-refractivity contribution in [2.45, 2.75) is 328 Å². The predicted octanol–water partition coefficient (Wildman–Crippen LogP) is 24.4. The van der Waals surface area contributed by atoms with E-state index in [2.05, 4.69) is 148 Å². The molecule has 0 rings (SSSR count). The third kappa shape index (κ3) is 73.1. The number of allylic oxidation sites excluding steroid dienone is 22. The van der Waals surface area contributed by atoms with Crippen molar-refractivity contribution in [1.82, 2.24) is 0 Å². The number of ether oxygens (including phenoxy) is 2. The molecule has 0 aliphatic carbocycles. The van der Waals surface area contributed by atoms with Crippen LogP contribution in [0.4, 0.5) is 0 Å². The highest BCUT2D eigenvalue weighted by atomic mass is 31.2. The Labute approximate surface area is 548 Å². The van der Waals surface area contributed by atoms with Crippen molar-refractivity contribution in [3.8, 4) is 0 Å². The van der Waals surface area contributed by atoms with Crippen LogP contribution in [-0.2, 0) is 32.7 Å². The van der Waals surface area contributed by atoms with Crippen LogP contribution in [-0.4, -0.2) is 49.3 Å². The van der Waals surface area contributed by atoms with E-state index in [1.165, 1.54) is 180 Å². The monoisotopic (exact) mass is 1260 g/mol. The van der Waals surface area contributed by atoms with Crippen molar-refractivity contribution in [2.75, 3.05) is 26.4 Å². The summed E-state index contributed by atoms with van der Waals surface area (Å²) in [5.74, 6) is -0.820. The molecular formula is C79H136NO8P. The van der Waals surface area contributed by atoms with Gasteiger partial charge in [0.1, 0.15) is 6.61 Å². The average Bonchev–Trinajstić information content (AvgIpc) is 3.68. The zero-order valence-electron chi connectivity index (χ0n) is 57.4. The van der Waals surface area contributed by atoms with E-state index in [0.717, 1.165) is 109 Å².